The van der Waals surface area contributed by atoms with Gasteiger partial charge in [-0.2, -0.15) is 17.5 Å². The molecule has 0 N–H and O–H groups in total. The van der Waals surface area contributed by atoms with Gasteiger partial charge in [-0.15, -0.1) is 0 Å². The number of hydrogen-bond donors (Lipinski definition) is 0. The molecule has 0 atom stereocenters. The van der Waals surface area contributed by atoms with Crippen LogP contribution in [0.15, 0.2) is 41.3 Å². The first-order valence-corrected chi connectivity index (χ1v) is 11.8. The average Bonchev–Trinajstić information content (AvgIpc) is 2.78. The minimum absolute atomic E-state index is 0.0210. The molecule has 0 aromatic heterocycles. The van der Waals surface area contributed by atoms with E-state index in [4.69, 9.17) is 26.1 Å². The highest BCUT2D eigenvalue weighted by Crippen LogP contribution is 2.40. The lowest BCUT2D eigenvalue weighted by Crippen LogP contribution is -2.41. The molecular formula is C21H21ClF3NO6S. The van der Waals surface area contributed by atoms with Gasteiger partial charge in [0.1, 0.15) is 0 Å². The number of morpholine rings is 1. The first kappa shape index (κ1) is 25.3. The maximum absolute atomic E-state index is 13.9. The van der Waals surface area contributed by atoms with E-state index in [1.165, 1.54) is 24.3 Å². The van der Waals surface area contributed by atoms with Crippen LogP contribution < -0.4 is 4.89 Å². The third-order valence-corrected chi connectivity index (χ3v) is 7.00. The number of hydrogen-bond acceptors (Lipinski definition) is 6. The van der Waals surface area contributed by atoms with E-state index in [2.05, 4.69) is 0 Å². The monoisotopic (exact) mass is 507 g/mol. The zero-order chi connectivity index (χ0) is 24.2. The summed E-state index contributed by atoms with van der Waals surface area (Å²) >= 11 is 6.01. The van der Waals surface area contributed by atoms with Crippen molar-refractivity contribution in [1.29, 1.82) is 0 Å². The third-order valence-electron chi connectivity index (χ3n) is 4.80. The fraction of sp³-hybridized carbons (Fsp3) is 0.381. The van der Waals surface area contributed by atoms with Crippen LogP contribution in [0.5, 0.6) is 5.75 Å². The van der Waals surface area contributed by atoms with Crippen LogP contribution in [0.4, 0.5) is 13.2 Å². The number of sulfonamides is 1. The van der Waals surface area contributed by atoms with Gasteiger partial charge >= 0.3 is 12.1 Å². The number of rotatable bonds is 7. The number of nitrogens with zero attached hydrogens (tertiary/aromatic N) is 1. The van der Waals surface area contributed by atoms with E-state index in [0.717, 1.165) is 10.4 Å². The molecule has 1 heterocycles. The van der Waals surface area contributed by atoms with E-state index in [9.17, 15) is 26.4 Å². The van der Waals surface area contributed by atoms with E-state index in [1.54, 1.807) is 6.92 Å². The smallest absolute Gasteiger partial charge is 0.379 e. The molecule has 0 saturated carbocycles. The van der Waals surface area contributed by atoms with Gasteiger partial charge in [-0.3, -0.25) is 9.78 Å². The summed E-state index contributed by atoms with van der Waals surface area (Å²) in [6.07, 6.45) is -4.35. The second-order valence-electron chi connectivity index (χ2n) is 7.15. The topological polar surface area (TPSA) is 82.1 Å². The molecule has 3 rings (SSSR count). The van der Waals surface area contributed by atoms with Crippen molar-refractivity contribution in [2.75, 3.05) is 26.3 Å². The molecule has 1 fully saturated rings. The second-order valence-corrected chi connectivity index (χ2v) is 9.50. The summed E-state index contributed by atoms with van der Waals surface area (Å²) in [6, 6.07) is 6.90. The van der Waals surface area contributed by atoms with Gasteiger partial charge in [0.05, 0.1) is 23.7 Å². The minimum Gasteiger partial charge on any atom is -0.379 e. The highest BCUT2D eigenvalue weighted by Gasteiger charge is 2.40. The molecule has 1 aliphatic heterocycles. The van der Waals surface area contributed by atoms with E-state index in [-0.39, 0.29) is 54.6 Å². The van der Waals surface area contributed by atoms with E-state index < -0.39 is 32.6 Å². The van der Waals surface area contributed by atoms with Gasteiger partial charge < -0.3 is 4.74 Å². The Balaban J connectivity index is 2.05. The van der Waals surface area contributed by atoms with Crippen LogP contribution in [0.1, 0.15) is 25.3 Å². The zero-order valence-corrected chi connectivity index (χ0v) is 19.1. The first-order chi connectivity index (χ1) is 15.5. The molecule has 0 bridgehead atoms. The predicted octanol–water partition coefficient (Wildman–Crippen LogP) is 4.68. The fourth-order valence-corrected chi connectivity index (χ4v) is 4.98. The Kier molecular flexibility index (Phi) is 7.88. The Morgan fingerprint density at radius 3 is 2.48 bits per heavy atom. The van der Waals surface area contributed by atoms with Crippen LogP contribution in [0, 0.1) is 0 Å². The second kappa shape index (κ2) is 10.3. The molecule has 2 aromatic carbocycles. The van der Waals surface area contributed by atoms with Crippen molar-refractivity contribution in [3.8, 4) is 16.9 Å². The maximum atomic E-state index is 13.9. The number of carbonyl (C=O) groups is 1. The van der Waals surface area contributed by atoms with Crippen molar-refractivity contribution in [1.82, 2.24) is 4.31 Å². The van der Waals surface area contributed by atoms with Gasteiger partial charge in [-0.1, -0.05) is 24.6 Å². The summed E-state index contributed by atoms with van der Waals surface area (Å²) in [5, 5.41) is 0.191. The molecule has 180 valence electrons. The Labute approximate surface area is 194 Å². The molecule has 7 nitrogen and oxygen atoms in total. The van der Waals surface area contributed by atoms with Crippen molar-refractivity contribution in [3.63, 3.8) is 0 Å². The van der Waals surface area contributed by atoms with Crippen molar-refractivity contribution in [3.05, 3.63) is 47.0 Å². The molecule has 2 aromatic rings. The summed E-state index contributed by atoms with van der Waals surface area (Å²) in [5.41, 5.74) is -1.26. The van der Waals surface area contributed by atoms with Gasteiger partial charge in [0.15, 0.2) is 5.75 Å². The van der Waals surface area contributed by atoms with Crippen molar-refractivity contribution in [2.24, 2.45) is 0 Å². The standard InChI is InChI=1S/C21H21ClF3NO6S/c1-2-3-20(27)32-31-18-6-5-15(22)13-16(18)14-4-7-19(17(12-14)21(23,24)25)33(28,29)26-8-10-30-11-9-26/h4-7,12-13H,2-3,8-11H2,1H3. The molecule has 1 saturated heterocycles. The van der Waals surface area contributed by atoms with Gasteiger partial charge in [-0.05, 0) is 42.3 Å². The van der Waals surface area contributed by atoms with Crippen LogP contribution in [0.3, 0.4) is 0 Å². The van der Waals surface area contributed by atoms with Crippen LogP contribution in [-0.2, 0) is 30.6 Å². The molecule has 0 radical (unpaired) electrons. The molecule has 0 amide bonds. The molecule has 0 spiro atoms. The lowest BCUT2D eigenvalue weighted by Gasteiger charge is -2.27. The summed E-state index contributed by atoms with van der Waals surface area (Å²) < 4.78 is 73.7. The molecular weight excluding hydrogens is 487 g/mol. The van der Waals surface area contributed by atoms with E-state index >= 15 is 0 Å². The van der Waals surface area contributed by atoms with Crippen molar-refractivity contribution < 1.29 is 40.9 Å². The Morgan fingerprint density at radius 1 is 1.15 bits per heavy atom. The lowest BCUT2D eigenvalue weighted by molar-refractivity contribution is -0.213. The van der Waals surface area contributed by atoms with Gasteiger partial charge in [0, 0.05) is 30.1 Å². The summed E-state index contributed by atoms with van der Waals surface area (Å²) in [4.78, 5) is 20.5. The Bertz CT molecular complexity index is 1120. The quantitative estimate of drug-likeness (QED) is 0.399. The summed E-state index contributed by atoms with van der Waals surface area (Å²) in [6.45, 7) is 1.87. The van der Waals surface area contributed by atoms with E-state index in [1.807, 2.05) is 0 Å². The minimum atomic E-state index is -4.96. The average molecular weight is 508 g/mol. The third kappa shape index (κ3) is 5.97. The zero-order valence-electron chi connectivity index (χ0n) is 17.5. The highest BCUT2D eigenvalue weighted by molar-refractivity contribution is 7.89. The van der Waals surface area contributed by atoms with Crippen molar-refractivity contribution in [2.45, 2.75) is 30.8 Å². The van der Waals surface area contributed by atoms with Crippen LogP contribution in [-0.4, -0.2) is 45.0 Å². The number of alkyl halides is 3. The van der Waals surface area contributed by atoms with Crippen LogP contribution in [0.2, 0.25) is 5.02 Å². The number of benzene rings is 2. The van der Waals surface area contributed by atoms with Crippen LogP contribution >= 0.6 is 11.6 Å². The summed E-state index contributed by atoms with van der Waals surface area (Å²) in [7, 11) is -4.41. The molecule has 0 aliphatic carbocycles. The lowest BCUT2D eigenvalue weighted by atomic mass is 10.0. The Morgan fingerprint density at radius 2 is 1.85 bits per heavy atom. The largest absolute Gasteiger partial charge is 0.417 e. The highest BCUT2D eigenvalue weighted by atomic mass is 35.5. The van der Waals surface area contributed by atoms with Crippen LogP contribution in [0.25, 0.3) is 11.1 Å². The predicted molar refractivity (Wildman–Crippen MR) is 113 cm³/mol. The van der Waals surface area contributed by atoms with Gasteiger partial charge in [0.2, 0.25) is 10.0 Å². The number of carbonyl (C=O) groups excluding carboxylic acids is 1. The fourth-order valence-electron chi connectivity index (χ4n) is 3.21. The normalized spacial score (nSPS) is 15.3. The molecule has 33 heavy (non-hydrogen) atoms. The summed E-state index contributed by atoms with van der Waals surface area (Å²) in [5.74, 6) is -0.706. The molecule has 0 unspecified atom stereocenters. The first-order valence-electron chi connectivity index (χ1n) is 10.0. The maximum Gasteiger partial charge on any atom is 0.417 e. The number of halogens is 4. The Hall–Kier alpha value is -2.34. The molecule has 1 aliphatic rings. The molecule has 12 heteroatoms. The van der Waals surface area contributed by atoms with Crippen molar-refractivity contribution >= 4 is 27.6 Å². The van der Waals surface area contributed by atoms with Gasteiger partial charge in [-0.25, -0.2) is 13.2 Å². The van der Waals surface area contributed by atoms with E-state index in [0.29, 0.717) is 12.5 Å². The number of ether oxygens (including phenoxy) is 1. The SMILES string of the molecule is CCCC(=O)OOc1ccc(Cl)cc1-c1ccc(S(=O)(=O)N2CCOCC2)c(C(F)(F)F)c1. The van der Waals surface area contributed by atoms with Gasteiger partial charge in [0.25, 0.3) is 0 Å².